The van der Waals surface area contributed by atoms with Gasteiger partial charge in [0, 0.05) is 32.9 Å². The van der Waals surface area contributed by atoms with E-state index in [1.165, 1.54) is 0 Å². The van der Waals surface area contributed by atoms with Gasteiger partial charge in [-0.1, -0.05) is 6.92 Å². The van der Waals surface area contributed by atoms with Crippen molar-refractivity contribution in [3.8, 4) is 0 Å². The molecule has 0 radical (unpaired) electrons. The molecule has 4 nitrogen and oxygen atoms in total. The van der Waals surface area contributed by atoms with Crippen LogP contribution in [0.2, 0.25) is 0 Å². The van der Waals surface area contributed by atoms with E-state index in [0.717, 1.165) is 12.3 Å². The number of aliphatic imine (C=N–C) groups is 1. The average molecular weight is 178 g/mol. The lowest BCUT2D eigenvalue weighted by molar-refractivity contribution is 0.607. The maximum Gasteiger partial charge on any atom is 0.172 e. The molecule has 0 bridgehead atoms. The van der Waals surface area contributed by atoms with E-state index in [-0.39, 0.29) is 0 Å². The standard InChI is InChI=1S/C9H14N4/c1-4-9(13(2)3)12-8-7-10-5-6-11-8/h5-7H,4H2,1-3H3/b12-9+. The molecule has 4 heteroatoms. The summed E-state index contributed by atoms with van der Waals surface area (Å²) in [5, 5.41) is 0. The van der Waals surface area contributed by atoms with Crippen LogP contribution in [0.5, 0.6) is 0 Å². The first kappa shape index (κ1) is 9.64. The maximum atomic E-state index is 4.35. The van der Waals surface area contributed by atoms with Crippen LogP contribution >= 0.6 is 0 Å². The Morgan fingerprint density at radius 3 is 2.69 bits per heavy atom. The summed E-state index contributed by atoms with van der Waals surface area (Å²) in [6.45, 7) is 2.06. The Balaban J connectivity index is 2.85. The molecule has 70 valence electrons. The van der Waals surface area contributed by atoms with Crippen molar-refractivity contribution >= 4 is 11.7 Å². The molecular weight excluding hydrogens is 164 g/mol. The van der Waals surface area contributed by atoms with Gasteiger partial charge < -0.3 is 4.90 Å². The third-order valence-electron chi connectivity index (χ3n) is 1.63. The number of amidine groups is 1. The zero-order valence-corrected chi connectivity index (χ0v) is 8.23. The highest BCUT2D eigenvalue weighted by Gasteiger charge is 1.98. The molecule has 0 saturated carbocycles. The van der Waals surface area contributed by atoms with Gasteiger partial charge in [0.25, 0.3) is 0 Å². The quantitative estimate of drug-likeness (QED) is 0.508. The summed E-state index contributed by atoms with van der Waals surface area (Å²) in [7, 11) is 3.94. The average Bonchev–Trinajstić information content (AvgIpc) is 2.15. The Bertz CT molecular complexity index is 279. The fraction of sp³-hybridized carbons (Fsp3) is 0.444. The lowest BCUT2D eigenvalue weighted by atomic mass is 10.4. The number of aromatic nitrogens is 2. The molecule has 0 spiro atoms. The minimum atomic E-state index is 0.660. The second-order valence-corrected chi connectivity index (χ2v) is 2.84. The summed E-state index contributed by atoms with van der Waals surface area (Å²) in [4.78, 5) is 14.3. The van der Waals surface area contributed by atoms with Crippen molar-refractivity contribution in [1.29, 1.82) is 0 Å². The van der Waals surface area contributed by atoms with E-state index in [1.807, 2.05) is 19.0 Å². The van der Waals surface area contributed by atoms with Crippen LogP contribution in [-0.2, 0) is 0 Å². The Morgan fingerprint density at radius 1 is 1.46 bits per heavy atom. The first-order chi connectivity index (χ1) is 6.24. The summed E-state index contributed by atoms with van der Waals surface area (Å²) >= 11 is 0. The molecule has 0 aromatic carbocycles. The van der Waals surface area contributed by atoms with Crippen molar-refractivity contribution in [3.05, 3.63) is 18.6 Å². The third kappa shape index (κ3) is 2.82. The molecular formula is C9H14N4. The highest BCUT2D eigenvalue weighted by Crippen LogP contribution is 2.05. The molecule has 0 fully saturated rings. The smallest absolute Gasteiger partial charge is 0.172 e. The van der Waals surface area contributed by atoms with Gasteiger partial charge in [0.05, 0.1) is 6.20 Å². The van der Waals surface area contributed by atoms with E-state index in [4.69, 9.17) is 0 Å². The Hall–Kier alpha value is -1.45. The summed E-state index contributed by atoms with van der Waals surface area (Å²) in [5.74, 6) is 1.66. The van der Waals surface area contributed by atoms with Gasteiger partial charge in [-0.2, -0.15) is 0 Å². The maximum absolute atomic E-state index is 4.35. The van der Waals surface area contributed by atoms with Gasteiger partial charge >= 0.3 is 0 Å². The topological polar surface area (TPSA) is 41.4 Å². The first-order valence-electron chi connectivity index (χ1n) is 4.25. The SMILES string of the molecule is CC/C(=N\c1cnccn1)N(C)C. The van der Waals surface area contributed by atoms with E-state index in [0.29, 0.717) is 5.82 Å². The highest BCUT2D eigenvalue weighted by molar-refractivity contribution is 5.83. The zero-order valence-electron chi connectivity index (χ0n) is 8.23. The first-order valence-corrected chi connectivity index (χ1v) is 4.25. The minimum absolute atomic E-state index is 0.660. The van der Waals surface area contributed by atoms with E-state index < -0.39 is 0 Å². The molecule has 1 rings (SSSR count). The van der Waals surface area contributed by atoms with Gasteiger partial charge in [-0.25, -0.2) is 9.98 Å². The summed E-state index contributed by atoms with van der Waals surface area (Å²) in [6, 6.07) is 0. The predicted molar refractivity (Wildman–Crippen MR) is 53.1 cm³/mol. The third-order valence-corrected chi connectivity index (χ3v) is 1.63. The molecule has 0 aliphatic carbocycles. The Kier molecular flexibility index (Phi) is 3.37. The zero-order chi connectivity index (χ0) is 9.68. The molecule has 0 aliphatic heterocycles. The van der Waals surface area contributed by atoms with E-state index in [1.54, 1.807) is 18.6 Å². The largest absolute Gasteiger partial charge is 0.366 e. The van der Waals surface area contributed by atoms with Gasteiger partial charge in [0.2, 0.25) is 0 Å². The molecule has 1 aromatic heterocycles. The molecule has 0 aliphatic rings. The summed E-state index contributed by atoms with van der Waals surface area (Å²) in [5.41, 5.74) is 0. The van der Waals surface area contributed by atoms with Gasteiger partial charge in [-0.15, -0.1) is 0 Å². The van der Waals surface area contributed by atoms with Gasteiger partial charge in [0.1, 0.15) is 5.84 Å². The number of nitrogens with zero attached hydrogens (tertiary/aromatic N) is 4. The van der Waals surface area contributed by atoms with Crippen LogP contribution < -0.4 is 0 Å². The van der Waals surface area contributed by atoms with E-state index in [9.17, 15) is 0 Å². The Labute approximate surface area is 78.4 Å². The monoisotopic (exact) mass is 178 g/mol. The molecule has 1 heterocycles. The minimum Gasteiger partial charge on any atom is -0.366 e. The van der Waals surface area contributed by atoms with E-state index in [2.05, 4.69) is 21.9 Å². The van der Waals surface area contributed by atoms with Crippen LogP contribution in [0.1, 0.15) is 13.3 Å². The molecule has 0 amide bonds. The summed E-state index contributed by atoms with van der Waals surface area (Å²) in [6.07, 6.45) is 5.82. The predicted octanol–water partition coefficient (Wildman–Crippen LogP) is 1.48. The van der Waals surface area contributed by atoms with Crippen molar-refractivity contribution < 1.29 is 0 Å². The normalized spacial score (nSPS) is 11.5. The van der Waals surface area contributed by atoms with Crippen molar-refractivity contribution in [2.75, 3.05) is 14.1 Å². The van der Waals surface area contributed by atoms with Gasteiger partial charge in [-0.3, -0.25) is 4.98 Å². The van der Waals surface area contributed by atoms with Crippen molar-refractivity contribution in [3.63, 3.8) is 0 Å². The van der Waals surface area contributed by atoms with Crippen molar-refractivity contribution in [2.24, 2.45) is 4.99 Å². The molecule has 1 aromatic rings. The molecule has 0 saturated heterocycles. The number of hydrogen-bond donors (Lipinski definition) is 0. The van der Waals surface area contributed by atoms with Gasteiger partial charge in [-0.05, 0) is 0 Å². The lowest BCUT2D eigenvalue weighted by Gasteiger charge is -2.13. The fourth-order valence-corrected chi connectivity index (χ4v) is 0.976. The second-order valence-electron chi connectivity index (χ2n) is 2.84. The lowest BCUT2D eigenvalue weighted by Crippen LogP contribution is -2.20. The van der Waals surface area contributed by atoms with E-state index >= 15 is 0 Å². The molecule has 13 heavy (non-hydrogen) atoms. The van der Waals surface area contributed by atoms with Crippen LogP contribution in [0.25, 0.3) is 0 Å². The van der Waals surface area contributed by atoms with Crippen LogP contribution in [0.3, 0.4) is 0 Å². The number of hydrogen-bond acceptors (Lipinski definition) is 3. The second kappa shape index (κ2) is 4.54. The van der Waals surface area contributed by atoms with Crippen LogP contribution in [0, 0.1) is 0 Å². The summed E-state index contributed by atoms with van der Waals surface area (Å²) < 4.78 is 0. The van der Waals surface area contributed by atoms with Crippen LogP contribution in [0.4, 0.5) is 5.82 Å². The molecule has 0 atom stereocenters. The number of rotatable bonds is 2. The van der Waals surface area contributed by atoms with Crippen LogP contribution in [0.15, 0.2) is 23.6 Å². The fourth-order valence-electron chi connectivity index (χ4n) is 0.976. The highest BCUT2D eigenvalue weighted by atomic mass is 15.1. The van der Waals surface area contributed by atoms with Crippen molar-refractivity contribution in [1.82, 2.24) is 14.9 Å². The Morgan fingerprint density at radius 2 is 2.23 bits per heavy atom. The van der Waals surface area contributed by atoms with Gasteiger partial charge in [0.15, 0.2) is 5.82 Å². The molecule has 0 unspecified atom stereocenters. The van der Waals surface area contributed by atoms with Crippen molar-refractivity contribution in [2.45, 2.75) is 13.3 Å². The molecule has 0 N–H and O–H groups in total. The van der Waals surface area contributed by atoms with Crippen LogP contribution in [-0.4, -0.2) is 34.8 Å².